The number of aryl methyl sites for hydroxylation is 1. The van der Waals surface area contributed by atoms with Gasteiger partial charge < -0.3 is 9.47 Å². The van der Waals surface area contributed by atoms with Crippen molar-refractivity contribution in [3.8, 4) is 11.5 Å². The molecule has 1 aromatic heterocycles. The van der Waals surface area contributed by atoms with Gasteiger partial charge in [0.15, 0.2) is 17.6 Å². The number of para-hydroxylation sites is 2. The molecule has 0 aliphatic rings. The molecule has 7 heteroatoms. The fourth-order valence-corrected chi connectivity index (χ4v) is 2.11. The number of rotatable bonds is 5. The predicted molar refractivity (Wildman–Crippen MR) is 76.4 cm³/mol. The second-order valence-corrected chi connectivity index (χ2v) is 5.21. The number of anilines is 1. The van der Waals surface area contributed by atoms with E-state index in [2.05, 4.69) is 15.5 Å². The summed E-state index contributed by atoms with van der Waals surface area (Å²) in [7, 11) is 1.55. The van der Waals surface area contributed by atoms with Crippen LogP contribution in [0.15, 0.2) is 24.3 Å². The Morgan fingerprint density at radius 3 is 2.60 bits per heavy atom. The Bertz CT molecular complexity index is 600. The van der Waals surface area contributed by atoms with E-state index in [1.54, 1.807) is 26.2 Å². The van der Waals surface area contributed by atoms with Crippen molar-refractivity contribution in [3.63, 3.8) is 0 Å². The molecule has 0 saturated heterocycles. The van der Waals surface area contributed by atoms with E-state index in [9.17, 15) is 4.79 Å². The normalized spacial score (nSPS) is 11.8. The van der Waals surface area contributed by atoms with Gasteiger partial charge in [0.2, 0.25) is 5.13 Å². The van der Waals surface area contributed by atoms with E-state index in [-0.39, 0.29) is 5.91 Å². The van der Waals surface area contributed by atoms with Gasteiger partial charge >= 0.3 is 0 Å². The van der Waals surface area contributed by atoms with Gasteiger partial charge in [0, 0.05) is 0 Å². The standard InChI is InChI=1S/C13H15N3O3S/c1-8(12(17)14-13-16-15-9(2)20-13)19-11-7-5-4-6-10(11)18-3/h4-8H,1-3H3,(H,14,16,17)/t8-/m1/s1. The monoisotopic (exact) mass is 293 g/mol. The van der Waals surface area contributed by atoms with Crippen molar-refractivity contribution in [2.75, 3.05) is 12.4 Å². The molecule has 0 spiro atoms. The Morgan fingerprint density at radius 2 is 2.00 bits per heavy atom. The highest BCUT2D eigenvalue weighted by Crippen LogP contribution is 2.27. The number of benzene rings is 1. The van der Waals surface area contributed by atoms with Crippen molar-refractivity contribution >= 4 is 22.4 Å². The van der Waals surface area contributed by atoms with E-state index in [4.69, 9.17) is 9.47 Å². The highest BCUT2D eigenvalue weighted by atomic mass is 32.1. The first-order valence-electron chi connectivity index (χ1n) is 6.01. The van der Waals surface area contributed by atoms with Gasteiger partial charge in [0.1, 0.15) is 5.01 Å². The number of ether oxygens (including phenoxy) is 2. The summed E-state index contributed by atoms with van der Waals surface area (Å²) < 4.78 is 10.8. The van der Waals surface area contributed by atoms with Crippen LogP contribution in [0.2, 0.25) is 0 Å². The summed E-state index contributed by atoms with van der Waals surface area (Å²) in [6.45, 7) is 3.48. The molecule has 0 fully saturated rings. The molecule has 1 N–H and O–H groups in total. The third kappa shape index (κ3) is 3.45. The molecule has 1 heterocycles. The highest BCUT2D eigenvalue weighted by Gasteiger charge is 2.18. The Balaban J connectivity index is 2.00. The van der Waals surface area contributed by atoms with Crippen molar-refractivity contribution in [2.45, 2.75) is 20.0 Å². The third-order valence-electron chi connectivity index (χ3n) is 2.50. The lowest BCUT2D eigenvalue weighted by atomic mass is 10.3. The largest absolute Gasteiger partial charge is 0.493 e. The lowest BCUT2D eigenvalue weighted by Gasteiger charge is -2.15. The second-order valence-electron chi connectivity index (χ2n) is 4.03. The smallest absolute Gasteiger partial charge is 0.266 e. The van der Waals surface area contributed by atoms with E-state index in [0.717, 1.165) is 5.01 Å². The van der Waals surface area contributed by atoms with Crippen molar-refractivity contribution in [1.82, 2.24) is 10.2 Å². The zero-order valence-electron chi connectivity index (χ0n) is 11.4. The Hall–Kier alpha value is -2.15. The lowest BCUT2D eigenvalue weighted by Crippen LogP contribution is -2.30. The van der Waals surface area contributed by atoms with Gasteiger partial charge in [-0.3, -0.25) is 10.1 Å². The Labute approximate surface area is 120 Å². The Kier molecular flexibility index (Phi) is 4.52. The first kappa shape index (κ1) is 14.3. The van der Waals surface area contributed by atoms with Crippen molar-refractivity contribution in [3.05, 3.63) is 29.3 Å². The van der Waals surface area contributed by atoms with Gasteiger partial charge in [-0.1, -0.05) is 23.5 Å². The molecule has 1 atom stereocenters. The molecule has 106 valence electrons. The summed E-state index contributed by atoms with van der Waals surface area (Å²) in [5, 5.41) is 11.6. The van der Waals surface area contributed by atoms with Crippen LogP contribution < -0.4 is 14.8 Å². The maximum atomic E-state index is 12.0. The number of hydrogen-bond acceptors (Lipinski definition) is 6. The minimum atomic E-state index is -0.671. The molecule has 2 rings (SSSR count). The molecule has 0 bridgehead atoms. The zero-order valence-corrected chi connectivity index (χ0v) is 12.2. The maximum absolute atomic E-state index is 12.0. The quantitative estimate of drug-likeness (QED) is 0.915. The van der Waals surface area contributed by atoms with E-state index < -0.39 is 6.10 Å². The van der Waals surface area contributed by atoms with Gasteiger partial charge in [0.25, 0.3) is 5.91 Å². The molecule has 1 aromatic carbocycles. The molecule has 6 nitrogen and oxygen atoms in total. The molecule has 2 aromatic rings. The van der Waals surface area contributed by atoms with Crippen LogP contribution in [0.25, 0.3) is 0 Å². The van der Waals surface area contributed by atoms with Gasteiger partial charge in [-0.05, 0) is 26.0 Å². The molecule has 0 aliphatic heterocycles. The second kappa shape index (κ2) is 6.33. The number of methoxy groups -OCH3 is 1. The van der Waals surface area contributed by atoms with Crippen molar-refractivity contribution < 1.29 is 14.3 Å². The van der Waals surface area contributed by atoms with E-state index >= 15 is 0 Å². The summed E-state index contributed by atoms with van der Waals surface area (Å²) in [5.74, 6) is 0.817. The first-order chi connectivity index (χ1) is 9.60. The summed E-state index contributed by atoms with van der Waals surface area (Å²) in [5.41, 5.74) is 0. The minimum absolute atomic E-state index is 0.285. The van der Waals surface area contributed by atoms with Crippen LogP contribution in [0.4, 0.5) is 5.13 Å². The molecule has 20 heavy (non-hydrogen) atoms. The van der Waals surface area contributed by atoms with Gasteiger partial charge in [-0.15, -0.1) is 10.2 Å². The number of carbonyl (C=O) groups excluding carboxylic acids is 1. The van der Waals surface area contributed by atoms with E-state index in [1.807, 2.05) is 19.1 Å². The van der Waals surface area contributed by atoms with Crippen molar-refractivity contribution in [2.24, 2.45) is 0 Å². The minimum Gasteiger partial charge on any atom is -0.493 e. The molecule has 0 unspecified atom stereocenters. The number of amides is 1. The number of carbonyl (C=O) groups is 1. The number of nitrogens with one attached hydrogen (secondary N) is 1. The summed E-state index contributed by atoms with van der Waals surface area (Å²) in [6, 6.07) is 7.17. The number of nitrogens with zero attached hydrogens (tertiary/aromatic N) is 2. The van der Waals surface area contributed by atoms with Crippen LogP contribution in [0.3, 0.4) is 0 Å². The molecule has 0 radical (unpaired) electrons. The predicted octanol–water partition coefficient (Wildman–Crippen LogP) is 2.26. The van der Waals surface area contributed by atoms with Crippen LogP contribution in [0, 0.1) is 6.92 Å². The molecular formula is C13H15N3O3S. The topological polar surface area (TPSA) is 73.3 Å². The third-order valence-corrected chi connectivity index (χ3v) is 3.25. The van der Waals surface area contributed by atoms with Crippen LogP contribution in [-0.4, -0.2) is 29.3 Å². The van der Waals surface area contributed by atoms with Gasteiger partial charge in [0.05, 0.1) is 7.11 Å². The lowest BCUT2D eigenvalue weighted by molar-refractivity contribution is -0.122. The molecule has 0 aliphatic carbocycles. The summed E-state index contributed by atoms with van der Waals surface area (Å²) >= 11 is 1.31. The summed E-state index contributed by atoms with van der Waals surface area (Å²) in [4.78, 5) is 12.0. The fraction of sp³-hybridized carbons (Fsp3) is 0.308. The number of hydrogen-bond donors (Lipinski definition) is 1. The van der Waals surface area contributed by atoms with E-state index in [1.165, 1.54) is 11.3 Å². The van der Waals surface area contributed by atoms with Crippen LogP contribution >= 0.6 is 11.3 Å². The van der Waals surface area contributed by atoms with Crippen LogP contribution in [0.5, 0.6) is 11.5 Å². The average molecular weight is 293 g/mol. The first-order valence-corrected chi connectivity index (χ1v) is 6.82. The molecular weight excluding hydrogens is 278 g/mol. The zero-order chi connectivity index (χ0) is 14.5. The maximum Gasteiger partial charge on any atom is 0.266 e. The van der Waals surface area contributed by atoms with Gasteiger partial charge in [-0.2, -0.15) is 0 Å². The van der Waals surface area contributed by atoms with E-state index in [0.29, 0.717) is 16.6 Å². The SMILES string of the molecule is COc1ccccc1O[C@H](C)C(=O)Nc1nnc(C)s1. The Morgan fingerprint density at radius 1 is 1.30 bits per heavy atom. The molecule has 1 amide bonds. The highest BCUT2D eigenvalue weighted by molar-refractivity contribution is 7.15. The number of aromatic nitrogens is 2. The summed E-state index contributed by atoms with van der Waals surface area (Å²) in [6.07, 6.45) is -0.671. The van der Waals surface area contributed by atoms with Gasteiger partial charge in [-0.25, -0.2) is 0 Å². The van der Waals surface area contributed by atoms with Crippen LogP contribution in [-0.2, 0) is 4.79 Å². The fourth-order valence-electron chi connectivity index (χ4n) is 1.51. The van der Waals surface area contributed by atoms with Crippen LogP contribution in [0.1, 0.15) is 11.9 Å². The average Bonchev–Trinajstić information content (AvgIpc) is 2.84. The van der Waals surface area contributed by atoms with Crippen molar-refractivity contribution in [1.29, 1.82) is 0 Å². The molecule has 0 saturated carbocycles.